The van der Waals surface area contributed by atoms with Gasteiger partial charge in [0.2, 0.25) is 10.0 Å². The third-order valence-corrected chi connectivity index (χ3v) is 8.73. The summed E-state index contributed by atoms with van der Waals surface area (Å²) in [6, 6.07) is 10.0. The van der Waals surface area contributed by atoms with Gasteiger partial charge in [-0.3, -0.25) is 10.1 Å². The Hall–Kier alpha value is -3.50. The molecule has 10 heteroatoms. The third kappa shape index (κ3) is 4.23. The van der Waals surface area contributed by atoms with Crippen molar-refractivity contribution in [3.8, 4) is 17.0 Å². The van der Waals surface area contributed by atoms with Crippen molar-refractivity contribution >= 4 is 26.7 Å². The number of nitrogens with zero attached hydrogens (tertiary/aromatic N) is 5. The Morgan fingerprint density at radius 1 is 1.03 bits per heavy atom. The van der Waals surface area contributed by atoms with Gasteiger partial charge >= 0.3 is 0 Å². The van der Waals surface area contributed by atoms with Gasteiger partial charge in [0.1, 0.15) is 23.4 Å². The van der Waals surface area contributed by atoms with Crippen LogP contribution in [-0.4, -0.2) is 65.3 Å². The maximum Gasteiger partial charge on any atom is 0.211 e. The summed E-state index contributed by atoms with van der Waals surface area (Å²) in [5.74, 6) is 1.67. The van der Waals surface area contributed by atoms with E-state index in [-0.39, 0.29) is 11.5 Å². The van der Waals surface area contributed by atoms with E-state index >= 15 is 0 Å². The molecule has 9 nitrogen and oxygen atoms in total. The minimum Gasteiger partial charge on any atom is -0.486 e. The lowest BCUT2D eigenvalue weighted by atomic mass is 9.74. The molecule has 5 heterocycles. The second-order valence-electron chi connectivity index (χ2n) is 10.5. The van der Waals surface area contributed by atoms with Crippen molar-refractivity contribution in [2.24, 2.45) is 5.41 Å². The Balaban J connectivity index is 1.18. The average Bonchev–Trinajstić information content (AvgIpc) is 3.20. The Morgan fingerprint density at radius 2 is 1.76 bits per heavy atom. The van der Waals surface area contributed by atoms with Gasteiger partial charge in [0, 0.05) is 66.7 Å². The molecule has 3 aromatic heterocycles. The van der Waals surface area contributed by atoms with Crippen LogP contribution in [0.3, 0.4) is 0 Å². The number of pyridine rings is 2. The number of hydrogen-bond acceptors (Lipinski definition) is 7. The van der Waals surface area contributed by atoms with E-state index in [1.807, 2.05) is 48.9 Å². The zero-order valence-electron chi connectivity index (χ0n) is 21.4. The molecule has 2 saturated heterocycles. The lowest BCUT2D eigenvalue weighted by molar-refractivity contribution is 0.0395. The maximum atomic E-state index is 11.7. The fraction of sp³-hybridized carbons (Fsp3) is 0.370. The summed E-state index contributed by atoms with van der Waals surface area (Å²) < 4.78 is 31.2. The Morgan fingerprint density at radius 3 is 2.41 bits per heavy atom. The molecular weight excluding hydrogens is 488 g/mol. The van der Waals surface area contributed by atoms with Crippen LogP contribution in [-0.2, 0) is 10.0 Å². The number of aromatic amines is 1. The van der Waals surface area contributed by atoms with Crippen LogP contribution in [0.2, 0.25) is 0 Å². The molecular formula is C27H30N6O3S. The zero-order chi connectivity index (χ0) is 25.9. The summed E-state index contributed by atoms with van der Waals surface area (Å²) in [7, 11) is -3.09. The van der Waals surface area contributed by atoms with Crippen LogP contribution in [0.5, 0.6) is 5.75 Å². The largest absolute Gasteiger partial charge is 0.486 e. The predicted octanol–water partition coefficient (Wildman–Crippen LogP) is 3.86. The topological polar surface area (TPSA) is 104 Å². The number of sulfonamides is 1. The monoisotopic (exact) mass is 518 g/mol. The highest BCUT2D eigenvalue weighted by Gasteiger charge is 2.54. The van der Waals surface area contributed by atoms with Crippen molar-refractivity contribution < 1.29 is 13.2 Å². The zero-order valence-corrected chi connectivity index (χ0v) is 22.2. The number of ether oxygens (including phenoxy) is 1. The first-order valence-corrected chi connectivity index (χ1v) is 14.2. The molecule has 1 atom stereocenters. The SMILES string of the molecule is Cc1cncc(C)c1[C@H](C)Oc1ccc2[nH]nc(-c3ccc(N4CC5(C4)CN(S(C)(=O)=O)C5)nc3)c2c1. The molecule has 0 saturated carbocycles. The average molecular weight is 519 g/mol. The van der Waals surface area contributed by atoms with Crippen LogP contribution in [0.15, 0.2) is 48.9 Å². The highest BCUT2D eigenvalue weighted by molar-refractivity contribution is 7.88. The summed E-state index contributed by atoms with van der Waals surface area (Å²) in [5, 5.41) is 8.64. The van der Waals surface area contributed by atoms with Crippen molar-refractivity contribution in [1.29, 1.82) is 0 Å². The first-order chi connectivity index (χ1) is 17.6. The molecule has 0 amide bonds. The fourth-order valence-corrected chi connectivity index (χ4v) is 6.69. The van der Waals surface area contributed by atoms with E-state index in [1.165, 1.54) is 6.26 Å². The lowest BCUT2D eigenvalue weighted by Crippen LogP contribution is -2.73. The minimum absolute atomic E-state index is 0.0721. The number of H-pyrrole nitrogens is 1. The number of benzene rings is 1. The number of hydrogen-bond donors (Lipinski definition) is 1. The second kappa shape index (κ2) is 8.53. The lowest BCUT2D eigenvalue weighted by Gasteiger charge is -2.59. The minimum atomic E-state index is -3.09. The van der Waals surface area contributed by atoms with Gasteiger partial charge in [-0.05, 0) is 62.2 Å². The Bertz CT molecular complexity index is 1560. The molecule has 2 fully saturated rings. The Kier molecular flexibility index (Phi) is 5.50. The number of nitrogens with one attached hydrogen (secondary N) is 1. The van der Waals surface area contributed by atoms with E-state index in [1.54, 1.807) is 4.31 Å². The molecule has 0 radical (unpaired) electrons. The maximum absolute atomic E-state index is 11.7. The van der Waals surface area contributed by atoms with Crippen molar-refractivity contribution in [2.45, 2.75) is 26.9 Å². The quantitative estimate of drug-likeness (QED) is 0.413. The van der Waals surface area contributed by atoms with E-state index in [9.17, 15) is 8.42 Å². The first kappa shape index (κ1) is 23.9. The van der Waals surface area contributed by atoms with Crippen molar-refractivity contribution in [1.82, 2.24) is 24.5 Å². The normalized spacial score (nSPS) is 18.0. The van der Waals surface area contributed by atoms with Gasteiger partial charge in [0.05, 0.1) is 11.8 Å². The van der Waals surface area contributed by atoms with E-state index in [0.29, 0.717) is 13.1 Å². The van der Waals surface area contributed by atoms with Gasteiger partial charge in [-0.15, -0.1) is 0 Å². The first-order valence-electron chi connectivity index (χ1n) is 12.3. The molecule has 6 rings (SSSR count). The number of fused-ring (bicyclic) bond motifs is 1. The number of aromatic nitrogens is 4. The smallest absolute Gasteiger partial charge is 0.211 e. The predicted molar refractivity (Wildman–Crippen MR) is 143 cm³/mol. The van der Waals surface area contributed by atoms with Crippen LogP contribution in [0.4, 0.5) is 5.82 Å². The van der Waals surface area contributed by atoms with Gasteiger partial charge in [-0.2, -0.15) is 5.10 Å². The molecule has 1 spiro atoms. The van der Waals surface area contributed by atoms with Gasteiger partial charge in [-0.25, -0.2) is 17.7 Å². The standard InChI is InChI=1S/C27H30N6O3S/c1-17-10-28-11-18(2)25(17)19(3)36-21-6-7-23-22(9-21)26(31-30-23)20-5-8-24(29-12-20)32-13-27(14-32)15-33(16-27)37(4,34)35/h5-12,19H,13-16H2,1-4H3,(H,30,31)/t19-/m0/s1. The summed E-state index contributed by atoms with van der Waals surface area (Å²) in [5.41, 5.74) is 6.13. The van der Waals surface area contributed by atoms with Crippen LogP contribution >= 0.6 is 0 Å². The van der Waals surface area contributed by atoms with Crippen LogP contribution in [0.25, 0.3) is 22.2 Å². The molecule has 1 N–H and O–H groups in total. The summed E-state index contributed by atoms with van der Waals surface area (Å²) in [6.07, 6.45) is 6.74. The Labute approximate surface area is 216 Å². The van der Waals surface area contributed by atoms with Crippen molar-refractivity contribution in [2.75, 3.05) is 37.3 Å². The van der Waals surface area contributed by atoms with Crippen LogP contribution in [0, 0.1) is 19.3 Å². The second-order valence-corrected chi connectivity index (χ2v) is 12.5. The molecule has 2 aliphatic heterocycles. The van der Waals surface area contributed by atoms with Gasteiger partial charge in [0.25, 0.3) is 0 Å². The molecule has 2 aliphatic rings. The van der Waals surface area contributed by atoms with Gasteiger partial charge < -0.3 is 9.64 Å². The summed E-state index contributed by atoms with van der Waals surface area (Å²) in [4.78, 5) is 11.1. The van der Waals surface area contributed by atoms with E-state index in [4.69, 9.17) is 4.74 Å². The molecule has 37 heavy (non-hydrogen) atoms. The molecule has 192 valence electrons. The van der Waals surface area contributed by atoms with Crippen molar-refractivity contribution in [3.05, 3.63) is 65.6 Å². The number of aryl methyl sites for hydroxylation is 2. The highest BCUT2D eigenvalue weighted by Crippen LogP contribution is 2.42. The fourth-order valence-electron chi connectivity index (χ4n) is 5.68. The summed E-state index contributed by atoms with van der Waals surface area (Å²) >= 11 is 0. The molecule has 0 aliphatic carbocycles. The van der Waals surface area contributed by atoms with Crippen LogP contribution < -0.4 is 9.64 Å². The highest BCUT2D eigenvalue weighted by atomic mass is 32.2. The number of anilines is 1. The van der Waals surface area contributed by atoms with E-state index in [0.717, 1.165) is 63.5 Å². The molecule has 4 aromatic rings. The van der Waals surface area contributed by atoms with Gasteiger partial charge in [-0.1, -0.05) is 0 Å². The number of rotatable bonds is 6. The molecule has 0 unspecified atom stereocenters. The summed E-state index contributed by atoms with van der Waals surface area (Å²) in [6.45, 7) is 9.02. The van der Waals surface area contributed by atoms with E-state index < -0.39 is 10.0 Å². The van der Waals surface area contributed by atoms with E-state index in [2.05, 4.69) is 45.8 Å². The molecule has 1 aromatic carbocycles. The van der Waals surface area contributed by atoms with Crippen LogP contribution in [0.1, 0.15) is 29.7 Å². The van der Waals surface area contributed by atoms with Crippen molar-refractivity contribution in [3.63, 3.8) is 0 Å². The van der Waals surface area contributed by atoms with Gasteiger partial charge in [0.15, 0.2) is 0 Å². The third-order valence-electron chi connectivity index (χ3n) is 7.53. The molecule has 0 bridgehead atoms.